The molecule has 21 heavy (non-hydrogen) atoms. The molecule has 2 atom stereocenters. The number of methoxy groups -OCH3 is 2. The smallest absolute Gasteiger partial charge is 0.251 e. The van der Waals surface area contributed by atoms with Gasteiger partial charge in [-0.3, -0.25) is 4.79 Å². The molecule has 2 rings (SSSR count). The highest BCUT2D eigenvalue weighted by atomic mass is 35.5. The first-order chi connectivity index (χ1) is 9.84. The van der Waals surface area contributed by atoms with Crippen molar-refractivity contribution in [2.24, 2.45) is 0 Å². The first-order valence-electron chi connectivity index (χ1n) is 6.23. The van der Waals surface area contributed by atoms with Crippen molar-refractivity contribution in [3.63, 3.8) is 0 Å². The molecule has 1 aliphatic heterocycles. The van der Waals surface area contributed by atoms with Gasteiger partial charge in [-0.2, -0.15) is 0 Å². The topological polar surface area (TPSA) is 81.7 Å². The molecule has 0 radical (unpaired) electrons. The Morgan fingerprint density at radius 2 is 1.76 bits per heavy atom. The van der Waals surface area contributed by atoms with Crippen LogP contribution in [0.4, 0.5) is 0 Å². The van der Waals surface area contributed by atoms with E-state index in [2.05, 4.69) is 5.32 Å². The summed E-state index contributed by atoms with van der Waals surface area (Å²) in [6, 6.07) is 4.14. The normalized spacial score (nSPS) is 23.6. The molecular weight excluding hydrogens is 318 g/mol. The van der Waals surface area contributed by atoms with E-state index in [1.807, 2.05) is 0 Å². The van der Waals surface area contributed by atoms with Crippen LogP contribution in [-0.4, -0.2) is 51.5 Å². The minimum Gasteiger partial charge on any atom is -0.497 e. The molecule has 0 saturated carbocycles. The van der Waals surface area contributed by atoms with E-state index in [1.54, 1.807) is 18.2 Å². The first kappa shape index (κ1) is 15.9. The Kier molecular flexibility index (Phi) is 4.63. The summed E-state index contributed by atoms with van der Waals surface area (Å²) in [6.07, 6.45) is 0. The number of hydrogen-bond donors (Lipinski definition) is 1. The van der Waals surface area contributed by atoms with Crippen molar-refractivity contribution in [3.05, 3.63) is 23.8 Å². The van der Waals surface area contributed by atoms with Crippen molar-refractivity contribution >= 4 is 27.3 Å². The number of amides is 1. The van der Waals surface area contributed by atoms with Gasteiger partial charge in [-0.15, -0.1) is 11.6 Å². The zero-order valence-electron chi connectivity index (χ0n) is 11.6. The predicted molar refractivity (Wildman–Crippen MR) is 79.1 cm³/mol. The van der Waals surface area contributed by atoms with Crippen molar-refractivity contribution in [2.45, 2.75) is 11.4 Å². The second-order valence-electron chi connectivity index (χ2n) is 4.77. The number of hydrogen-bond acceptors (Lipinski definition) is 5. The monoisotopic (exact) mass is 333 g/mol. The fraction of sp³-hybridized carbons (Fsp3) is 0.462. The molecule has 8 heteroatoms. The second-order valence-corrected chi connectivity index (χ2v) is 7.49. The number of carbonyl (C=O) groups is 1. The lowest BCUT2D eigenvalue weighted by atomic mass is 10.1. The lowest BCUT2D eigenvalue weighted by molar-refractivity contribution is 0.0941. The Labute approximate surface area is 128 Å². The first-order valence-corrected chi connectivity index (χ1v) is 8.49. The maximum Gasteiger partial charge on any atom is 0.251 e. The molecule has 0 spiro atoms. The highest BCUT2D eigenvalue weighted by Crippen LogP contribution is 2.23. The van der Waals surface area contributed by atoms with Crippen LogP contribution in [0.2, 0.25) is 0 Å². The van der Waals surface area contributed by atoms with Gasteiger partial charge in [0.15, 0.2) is 9.84 Å². The van der Waals surface area contributed by atoms with Crippen LogP contribution in [0.25, 0.3) is 0 Å². The van der Waals surface area contributed by atoms with Crippen molar-refractivity contribution in [1.29, 1.82) is 0 Å². The Hall–Kier alpha value is -1.47. The largest absolute Gasteiger partial charge is 0.497 e. The average Bonchev–Trinajstić information content (AvgIpc) is 2.70. The quantitative estimate of drug-likeness (QED) is 0.826. The molecule has 1 heterocycles. The average molecular weight is 334 g/mol. The Bertz CT molecular complexity index is 624. The summed E-state index contributed by atoms with van der Waals surface area (Å²) in [7, 11) is -0.232. The molecule has 1 aromatic rings. The molecule has 1 fully saturated rings. The lowest BCUT2D eigenvalue weighted by Gasteiger charge is -2.15. The van der Waals surface area contributed by atoms with E-state index in [0.29, 0.717) is 17.1 Å². The number of benzene rings is 1. The summed E-state index contributed by atoms with van der Waals surface area (Å²) < 4.78 is 33.2. The molecular formula is C13H16ClNO5S. The molecule has 116 valence electrons. The zero-order chi connectivity index (χ0) is 15.6. The molecule has 1 aromatic carbocycles. The SMILES string of the molecule is COc1cc(OC)cc(C(=O)NC2CS(=O)(=O)CC2Cl)c1. The van der Waals surface area contributed by atoms with Gasteiger partial charge in [-0.1, -0.05) is 0 Å². The summed E-state index contributed by atoms with van der Waals surface area (Å²) >= 11 is 5.97. The van der Waals surface area contributed by atoms with Crippen LogP contribution in [0.3, 0.4) is 0 Å². The number of halogens is 1. The van der Waals surface area contributed by atoms with Crippen LogP contribution >= 0.6 is 11.6 Å². The number of rotatable bonds is 4. The van der Waals surface area contributed by atoms with E-state index >= 15 is 0 Å². The number of sulfone groups is 1. The second kappa shape index (κ2) is 6.11. The van der Waals surface area contributed by atoms with E-state index < -0.39 is 27.2 Å². The fourth-order valence-corrected chi connectivity index (χ4v) is 4.68. The van der Waals surface area contributed by atoms with E-state index in [4.69, 9.17) is 21.1 Å². The van der Waals surface area contributed by atoms with E-state index in [1.165, 1.54) is 14.2 Å². The summed E-state index contributed by atoms with van der Waals surface area (Å²) in [5.41, 5.74) is 0.319. The summed E-state index contributed by atoms with van der Waals surface area (Å²) in [4.78, 5) is 12.2. The number of alkyl halides is 1. The van der Waals surface area contributed by atoms with Crippen LogP contribution in [-0.2, 0) is 9.84 Å². The molecule has 1 aliphatic rings. The van der Waals surface area contributed by atoms with Gasteiger partial charge in [0.05, 0.1) is 37.1 Å². The Morgan fingerprint density at radius 1 is 1.19 bits per heavy atom. The molecule has 1 N–H and O–H groups in total. The maximum atomic E-state index is 12.2. The summed E-state index contributed by atoms with van der Waals surface area (Å²) in [6.45, 7) is 0. The highest BCUT2D eigenvalue weighted by molar-refractivity contribution is 7.91. The van der Waals surface area contributed by atoms with Gasteiger partial charge in [0, 0.05) is 11.6 Å². The molecule has 1 amide bonds. The number of nitrogens with one attached hydrogen (secondary N) is 1. The molecule has 0 aliphatic carbocycles. The predicted octanol–water partition coefficient (Wildman–Crippen LogP) is 0.838. The van der Waals surface area contributed by atoms with E-state index in [-0.39, 0.29) is 11.5 Å². The lowest BCUT2D eigenvalue weighted by Crippen LogP contribution is -2.40. The van der Waals surface area contributed by atoms with Crippen molar-refractivity contribution in [3.8, 4) is 11.5 Å². The molecule has 2 unspecified atom stereocenters. The van der Waals surface area contributed by atoms with Crippen LogP contribution in [0.15, 0.2) is 18.2 Å². The Balaban J connectivity index is 2.17. The maximum absolute atomic E-state index is 12.2. The molecule has 1 saturated heterocycles. The zero-order valence-corrected chi connectivity index (χ0v) is 13.2. The Morgan fingerprint density at radius 3 is 2.19 bits per heavy atom. The van der Waals surface area contributed by atoms with Gasteiger partial charge in [-0.05, 0) is 12.1 Å². The molecule has 0 aromatic heterocycles. The minimum absolute atomic E-state index is 0.124. The van der Waals surface area contributed by atoms with Crippen molar-refractivity contribution in [1.82, 2.24) is 5.32 Å². The minimum atomic E-state index is -3.19. The van der Waals surface area contributed by atoms with Crippen LogP contribution in [0, 0.1) is 0 Å². The third-order valence-electron chi connectivity index (χ3n) is 3.21. The van der Waals surface area contributed by atoms with Gasteiger partial charge < -0.3 is 14.8 Å². The third-order valence-corrected chi connectivity index (χ3v) is 5.59. The number of ether oxygens (including phenoxy) is 2. The summed E-state index contributed by atoms with van der Waals surface area (Å²) in [5, 5.41) is 2.02. The van der Waals surface area contributed by atoms with E-state index in [9.17, 15) is 13.2 Å². The summed E-state index contributed by atoms with van der Waals surface area (Å²) in [5.74, 6) is 0.261. The highest BCUT2D eigenvalue weighted by Gasteiger charge is 2.37. The van der Waals surface area contributed by atoms with Crippen LogP contribution in [0.5, 0.6) is 11.5 Å². The van der Waals surface area contributed by atoms with Crippen molar-refractivity contribution < 1.29 is 22.7 Å². The van der Waals surface area contributed by atoms with Crippen LogP contribution < -0.4 is 14.8 Å². The van der Waals surface area contributed by atoms with Gasteiger partial charge in [-0.25, -0.2) is 8.42 Å². The molecule has 0 bridgehead atoms. The fourth-order valence-electron chi connectivity index (χ4n) is 2.13. The van der Waals surface area contributed by atoms with Gasteiger partial charge in [0.25, 0.3) is 5.91 Å². The standard InChI is InChI=1S/C13H16ClNO5S/c1-19-9-3-8(4-10(5-9)20-2)13(16)15-12-7-21(17,18)6-11(12)14/h3-5,11-12H,6-7H2,1-2H3,(H,15,16). The molecule has 6 nitrogen and oxygen atoms in total. The third kappa shape index (κ3) is 3.79. The van der Waals surface area contributed by atoms with Crippen molar-refractivity contribution in [2.75, 3.05) is 25.7 Å². The van der Waals surface area contributed by atoms with Gasteiger partial charge >= 0.3 is 0 Å². The van der Waals surface area contributed by atoms with Crippen LogP contribution in [0.1, 0.15) is 10.4 Å². The van der Waals surface area contributed by atoms with Gasteiger partial charge in [0.1, 0.15) is 11.5 Å². The number of carbonyl (C=O) groups excluding carboxylic acids is 1. The van der Waals surface area contributed by atoms with Gasteiger partial charge in [0.2, 0.25) is 0 Å². The van der Waals surface area contributed by atoms with E-state index in [0.717, 1.165) is 0 Å².